The first-order valence-corrected chi connectivity index (χ1v) is 10.3. The summed E-state index contributed by atoms with van der Waals surface area (Å²) in [6, 6.07) is -0.139. The zero-order valence-corrected chi connectivity index (χ0v) is 17.1. The molecule has 8 nitrogen and oxygen atoms in total. The number of nitrogens with zero attached hydrogens (tertiary/aromatic N) is 6. The van der Waals surface area contributed by atoms with Gasteiger partial charge in [0.1, 0.15) is 5.39 Å². The van der Waals surface area contributed by atoms with Crippen molar-refractivity contribution in [1.82, 2.24) is 29.1 Å². The van der Waals surface area contributed by atoms with Crippen LogP contribution >= 0.6 is 11.8 Å². The number of thioether (sulfide) groups is 1. The lowest BCUT2D eigenvalue weighted by molar-refractivity contribution is -0.133. The number of rotatable bonds is 2. The maximum absolute atomic E-state index is 13.1. The largest absolute Gasteiger partial charge is 0.340 e. The zero-order chi connectivity index (χ0) is 19.3. The second-order valence-electron chi connectivity index (χ2n) is 8.39. The molecule has 0 spiro atoms. The zero-order valence-electron chi connectivity index (χ0n) is 16.3. The first kappa shape index (κ1) is 18.5. The summed E-state index contributed by atoms with van der Waals surface area (Å²) in [5.41, 5.74) is 0.282. The molecule has 2 aliphatic rings. The van der Waals surface area contributed by atoms with Gasteiger partial charge in [-0.1, -0.05) is 11.8 Å². The number of carbonyl (C=O) groups is 1. The van der Waals surface area contributed by atoms with Gasteiger partial charge in [-0.2, -0.15) is 5.10 Å². The fraction of sp³-hybridized carbons (Fsp3) is 0.667. The van der Waals surface area contributed by atoms with E-state index in [1.807, 2.05) is 25.7 Å². The van der Waals surface area contributed by atoms with Crippen LogP contribution in [0.3, 0.4) is 0 Å². The van der Waals surface area contributed by atoms with E-state index in [1.54, 1.807) is 27.2 Å². The smallest absolute Gasteiger partial charge is 0.265 e. The highest BCUT2D eigenvalue weighted by Crippen LogP contribution is 2.34. The summed E-state index contributed by atoms with van der Waals surface area (Å²) in [5, 5.41) is 5.60. The van der Waals surface area contributed by atoms with Crippen LogP contribution in [0.5, 0.6) is 0 Å². The van der Waals surface area contributed by atoms with Gasteiger partial charge >= 0.3 is 0 Å². The summed E-state index contributed by atoms with van der Waals surface area (Å²) in [6.45, 7) is 9.43. The lowest BCUT2D eigenvalue weighted by Gasteiger charge is -2.33. The molecule has 4 heterocycles. The molecule has 1 saturated heterocycles. The third-order valence-electron chi connectivity index (χ3n) is 5.27. The Morgan fingerprint density at radius 2 is 1.96 bits per heavy atom. The molecule has 0 bridgehead atoms. The number of likely N-dealkylation sites (N-methyl/N-ethyl adjacent to an activating group) is 1. The van der Waals surface area contributed by atoms with Crippen LogP contribution in [0, 0.1) is 0 Å². The number of hydrogen-bond donors (Lipinski definition) is 0. The normalized spacial score (nSPS) is 21.0. The van der Waals surface area contributed by atoms with Gasteiger partial charge in [-0.15, -0.1) is 0 Å². The van der Waals surface area contributed by atoms with E-state index in [1.165, 1.54) is 0 Å². The van der Waals surface area contributed by atoms with Crippen LogP contribution in [-0.4, -0.2) is 74.0 Å². The van der Waals surface area contributed by atoms with Crippen LogP contribution in [-0.2, 0) is 10.3 Å². The molecule has 0 saturated carbocycles. The SMILES string of the molecule is CN1CCN(C(=O)CC2CSc3nc4c(cnn4C(C)(C)C)c(=O)n32)CC1. The average Bonchev–Trinajstić information content (AvgIpc) is 3.20. The molecule has 27 heavy (non-hydrogen) atoms. The van der Waals surface area contributed by atoms with E-state index in [2.05, 4.69) is 17.0 Å². The molecule has 0 radical (unpaired) electrons. The van der Waals surface area contributed by atoms with Crippen LogP contribution in [0.1, 0.15) is 33.2 Å². The first-order valence-electron chi connectivity index (χ1n) is 9.35. The minimum absolute atomic E-state index is 0.0910. The van der Waals surface area contributed by atoms with Crippen molar-refractivity contribution in [1.29, 1.82) is 0 Å². The Bertz CT molecular complexity index is 936. The highest BCUT2D eigenvalue weighted by atomic mass is 32.2. The van der Waals surface area contributed by atoms with Crippen LogP contribution in [0.2, 0.25) is 0 Å². The van der Waals surface area contributed by atoms with E-state index < -0.39 is 0 Å². The molecular formula is C18H26N6O2S. The molecule has 0 aliphatic carbocycles. The Labute approximate surface area is 162 Å². The van der Waals surface area contributed by atoms with E-state index >= 15 is 0 Å². The summed E-state index contributed by atoms with van der Waals surface area (Å²) in [4.78, 5) is 34.7. The molecule has 0 N–H and O–H groups in total. The molecule has 2 aromatic rings. The van der Waals surface area contributed by atoms with Crippen LogP contribution in [0.4, 0.5) is 0 Å². The molecule has 0 aromatic carbocycles. The van der Waals surface area contributed by atoms with E-state index in [4.69, 9.17) is 4.98 Å². The van der Waals surface area contributed by atoms with Gasteiger partial charge in [0, 0.05) is 38.4 Å². The van der Waals surface area contributed by atoms with E-state index in [-0.39, 0.29) is 23.0 Å². The van der Waals surface area contributed by atoms with E-state index in [9.17, 15) is 9.59 Å². The Balaban J connectivity index is 1.62. The molecule has 2 aromatic heterocycles. The predicted molar refractivity (Wildman–Crippen MR) is 105 cm³/mol. The molecular weight excluding hydrogens is 364 g/mol. The number of amides is 1. The van der Waals surface area contributed by atoms with Crippen molar-refractivity contribution in [3.05, 3.63) is 16.6 Å². The van der Waals surface area contributed by atoms with Crippen molar-refractivity contribution in [2.75, 3.05) is 39.0 Å². The fourth-order valence-electron chi connectivity index (χ4n) is 3.66. The van der Waals surface area contributed by atoms with Gasteiger partial charge in [0.2, 0.25) is 5.91 Å². The molecule has 4 rings (SSSR count). The van der Waals surface area contributed by atoms with Gasteiger partial charge < -0.3 is 9.80 Å². The fourth-order valence-corrected chi connectivity index (χ4v) is 4.79. The topological polar surface area (TPSA) is 76.3 Å². The van der Waals surface area contributed by atoms with Gasteiger partial charge in [0.15, 0.2) is 10.8 Å². The van der Waals surface area contributed by atoms with Gasteiger partial charge in [-0.3, -0.25) is 14.2 Å². The van der Waals surface area contributed by atoms with Crippen LogP contribution in [0.25, 0.3) is 11.0 Å². The number of fused-ring (bicyclic) bond motifs is 2. The second-order valence-corrected chi connectivity index (χ2v) is 9.37. The number of aromatic nitrogens is 4. The van der Waals surface area contributed by atoms with Crippen molar-refractivity contribution in [3.63, 3.8) is 0 Å². The lowest BCUT2D eigenvalue weighted by atomic mass is 10.1. The monoisotopic (exact) mass is 390 g/mol. The molecule has 2 aliphatic heterocycles. The van der Waals surface area contributed by atoms with Gasteiger partial charge in [0.05, 0.1) is 17.8 Å². The standard InChI is InChI=1S/C18H26N6O2S/c1-18(2,3)24-15-13(10-19-24)16(26)23-12(11-27-17(23)20-15)9-14(25)22-7-5-21(4)6-8-22/h10,12H,5-9,11H2,1-4H3. The number of piperazine rings is 1. The van der Waals surface area contributed by atoms with Crippen molar-refractivity contribution >= 4 is 28.7 Å². The summed E-state index contributed by atoms with van der Waals surface area (Å²) in [7, 11) is 2.07. The Morgan fingerprint density at radius 1 is 1.26 bits per heavy atom. The first-order chi connectivity index (χ1) is 12.8. The maximum Gasteiger partial charge on any atom is 0.265 e. The summed E-state index contributed by atoms with van der Waals surface area (Å²) in [5.74, 6) is 0.830. The molecule has 1 fully saturated rings. The predicted octanol–water partition coefficient (Wildman–Crippen LogP) is 1.16. The quantitative estimate of drug-likeness (QED) is 0.717. The van der Waals surface area contributed by atoms with Gasteiger partial charge in [-0.05, 0) is 27.8 Å². The molecule has 146 valence electrons. The molecule has 1 unspecified atom stereocenters. The summed E-state index contributed by atoms with van der Waals surface area (Å²) >= 11 is 1.55. The minimum Gasteiger partial charge on any atom is -0.340 e. The summed E-state index contributed by atoms with van der Waals surface area (Å²) < 4.78 is 3.50. The second kappa shape index (κ2) is 6.63. The highest BCUT2D eigenvalue weighted by molar-refractivity contribution is 7.99. The third kappa shape index (κ3) is 3.27. The van der Waals surface area contributed by atoms with Crippen molar-refractivity contribution in [2.45, 2.75) is 43.9 Å². The highest BCUT2D eigenvalue weighted by Gasteiger charge is 2.32. The minimum atomic E-state index is -0.250. The lowest BCUT2D eigenvalue weighted by Crippen LogP contribution is -2.47. The van der Waals surface area contributed by atoms with E-state index in [0.717, 1.165) is 26.2 Å². The van der Waals surface area contributed by atoms with Crippen molar-refractivity contribution in [3.8, 4) is 0 Å². The maximum atomic E-state index is 13.1. The van der Waals surface area contributed by atoms with Gasteiger partial charge in [0.25, 0.3) is 5.56 Å². The Morgan fingerprint density at radius 3 is 2.63 bits per heavy atom. The van der Waals surface area contributed by atoms with E-state index in [0.29, 0.717) is 28.4 Å². The van der Waals surface area contributed by atoms with Crippen LogP contribution < -0.4 is 5.56 Å². The van der Waals surface area contributed by atoms with Crippen molar-refractivity contribution < 1.29 is 4.79 Å². The average molecular weight is 391 g/mol. The molecule has 9 heteroatoms. The third-order valence-corrected chi connectivity index (χ3v) is 6.37. The molecule has 1 atom stereocenters. The van der Waals surface area contributed by atoms with Gasteiger partial charge in [-0.25, -0.2) is 9.67 Å². The van der Waals surface area contributed by atoms with Crippen molar-refractivity contribution in [2.24, 2.45) is 0 Å². The Kier molecular flexibility index (Phi) is 4.54. The number of hydrogen-bond acceptors (Lipinski definition) is 6. The summed E-state index contributed by atoms with van der Waals surface area (Å²) in [6.07, 6.45) is 1.95. The number of carbonyl (C=O) groups excluding carboxylic acids is 1. The van der Waals surface area contributed by atoms with Crippen LogP contribution in [0.15, 0.2) is 16.1 Å². The Hall–Kier alpha value is -1.87. The molecule has 1 amide bonds.